The Morgan fingerprint density at radius 1 is 1.07 bits per heavy atom. The average Bonchev–Trinajstić information content (AvgIpc) is 3.15. The summed E-state index contributed by atoms with van der Waals surface area (Å²) in [4.78, 5) is 49.3. The quantitative estimate of drug-likeness (QED) is 0.181. The topological polar surface area (TPSA) is 135 Å². The van der Waals surface area contributed by atoms with Gasteiger partial charge < -0.3 is 24.1 Å². The van der Waals surface area contributed by atoms with Gasteiger partial charge in [0, 0.05) is 38.7 Å². The van der Waals surface area contributed by atoms with Crippen molar-refractivity contribution >= 4 is 23.9 Å². The summed E-state index contributed by atoms with van der Waals surface area (Å²) < 4.78 is 28.8. The number of rotatable bonds is 10. The third-order valence-electron chi connectivity index (χ3n) is 8.79. The van der Waals surface area contributed by atoms with E-state index in [9.17, 15) is 24.3 Å². The van der Waals surface area contributed by atoms with Gasteiger partial charge in [0.15, 0.2) is 0 Å². The third-order valence-corrected chi connectivity index (χ3v) is 8.79. The number of carbonyl (C=O) groups excluding carboxylic acids is 4. The molecule has 2 aliphatic carbocycles. The molecule has 10 nitrogen and oxygen atoms in total. The van der Waals surface area contributed by atoms with Crippen LogP contribution >= 0.6 is 0 Å². The van der Waals surface area contributed by atoms with Gasteiger partial charge in [-0.2, -0.15) is 0 Å². The summed E-state index contributed by atoms with van der Waals surface area (Å²) >= 11 is 0. The first-order valence-corrected chi connectivity index (χ1v) is 13.8. The molecule has 3 aliphatic rings. The smallest absolute Gasteiger partial charge is 0.306 e. The van der Waals surface area contributed by atoms with Crippen LogP contribution < -0.4 is 0 Å². The number of aliphatic hydroxyl groups excluding tert-OH is 1. The molecule has 0 bridgehead atoms. The molecule has 40 heavy (non-hydrogen) atoms. The van der Waals surface area contributed by atoms with Gasteiger partial charge in [-0.25, -0.2) is 0 Å². The minimum Gasteiger partial charge on any atom is -0.459 e. The molecule has 10 heteroatoms. The fourth-order valence-electron chi connectivity index (χ4n) is 6.82. The third kappa shape index (κ3) is 5.74. The molecule has 0 unspecified atom stereocenters. The van der Waals surface area contributed by atoms with Gasteiger partial charge in [-0.05, 0) is 43.1 Å². The summed E-state index contributed by atoms with van der Waals surface area (Å²) in [6.45, 7) is 17.3. The summed E-state index contributed by atoms with van der Waals surface area (Å²) in [6.07, 6.45) is -0.399. The molecule has 3 rings (SSSR count). The Labute approximate surface area is 235 Å². The van der Waals surface area contributed by atoms with E-state index in [1.54, 1.807) is 12.2 Å². The van der Waals surface area contributed by atoms with Crippen molar-refractivity contribution in [3.8, 4) is 0 Å². The van der Waals surface area contributed by atoms with E-state index in [0.29, 0.717) is 24.8 Å². The zero-order valence-corrected chi connectivity index (χ0v) is 24.3. The SMILES string of the molecule is C=CC(=C)CC[C@@]1(C)[C@H](C)[C@@H](OC(C)=O)[C@H](O)[C@]23C(=C[C@H](OC(=O)CCC)C[C@@H]12)[C@@H](OC(C)=O)O[C@H]3OC(C)=O. The molecule has 0 radical (unpaired) electrons. The summed E-state index contributed by atoms with van der Waals surface area (Å²) in [6, 6.07) is 0. The van der Waals surface area contributed by atoms with E-state index in [1.807, 2.05) is 20.8 Å². The highest BCUT2D eigenvalue weighted by molar-refractivity contribution is 5.70. The normalized spacial score (nSPS) is 36.3. The van der Waals surface area contributed by atoms with Crippen molar-refractivity contribution < 1.29 is 48.0 Å². The Morgan fingerprint density at radius 3 is 2.25 bits per heavy atom. The number of allylic oxidation sites excluding steroid dienone is 2. The van der Waals surface area contributed by atoms with Crippen molar-refractivity contribution in [1.29, 1.82) is 0 Å². The van der Waals surface area contributed by atoms with Crippen LogP contribution in [0.1, 0.15) is 73.6 Å². The van der Waals surface area contributed by atoms with Crippen LogP contribution in [0.3, 0.4) is 0 Å². The van der Waals surface area contributed by atoms with Crippen LogP contribution in [-0.2, 0) is 42.9 Å². The number of esters is 4. The maximum atomic E-state index is 12.6. The lowest BCUT2D eigenvalue weighted by atomic mass is 9.44. The first-order valence-electron chi connectivity index (χ1n) is 13.8. The maximum Gasteiger partial charge on any atom is 0.306 e. The number of hydrogen-bond donors (Lipinski definition) is 1. The highest BCUT2D eigenvalue weighted by Gasteiger charge is 2.74. The van der Waals surface area contributed by atoms with Gasteiger partial charge in [0.1, 0.15) is 18.3 Å². The number of aliphatic hydroxyl groups is 1. The van der Waals surface area contributed by atoms with Crippen LogP contribution in [-0.4, -0.2) is 59.9 Å². The van der Waals surface area contributed by atoms with Crippen molar-refractivity contribution in [1.82, 2.24) is 0 Å². The van der Waals surface area contributed by atoms with Gasteiger partial charge in [0.05, 0.1) is 5.41 Å². The van der Waals surface area contributed by atoms with Crippen LogP contribution in [0.5, 0.6) is 0 Å². The first kappa shape index (κ1) is 31.5. The van der Waals surface area contributed by atoms with Crippen molar-refractivity contribution in [2.24, 2.45) is 22.7 Å². The largest absolute Gasteiger partial charge is 0.459 e. The van der Waals surface area contributed by atoms with Crippen molar-refractivity contribution in [2.45, 2.75) is 105 Å². The summed E-state index contributed by atoms with van der Waals surface area (Å²) in [7, 11) is 0. The lowest BCUT2D eigenvalue weighted by molar-refractivity contribution is -0.276. The predicted molar refractivity (Wildman–Crippen MR) is 143 cm³/mol. The van der Waals surface area contributed by atoms with E-state index >= 15 is 0 Å². The minimum atomic E-state index is -1.48. The van der Waals surface area contributed by atoms with Crippen molar-refractivity contribution in [3.05, 3.63) is 36.5 Å². The zero-order valence-electron chi connectivity index (χ0n) is 24.3. The van der Waals surface area contributed by atoms with Crippen LogP contribution in [0.25, 0.3) is 0 Å². The first-order chi connectivity index (χ1) is 18.7. The number of ether oxygens (including phenoxy) is 5. The molecular weight excluding hydrogens is 520 g/mol. The summed E-state index contributed by atoms with van der Waals surface area (Å²) in [5.74, 6) is -3.23. The minimum absolute atomic E-state index is 0.222. The Bertz CT molecular complexity index is 1080. The molecular formula is C30H42O10. The van der Waals surface area contributed by atoms with E-state index in [2.05, 4.69) is 13.2 Å². The van der Waals surface area contributed by atoms with Crippen LogP contribution in [0.2, 0.25) is 0 Å². The maximum absolute atomic E-state index is 12.6. The lowest BCUT2D eigenvalue weighted by Crippen LogP contribution is -2.68. The molecule has 0 amide bonds. The van der Waals surface area contributed by atoms with Crippen LogP contribution in [0.15, 0.2) is 36.5 Å². The second-order valence-corrected chi connectivity index (χ2v) is 11.3. The average molecular weight is 563 g/mol. The molecule has 1 saturated heterocycles. The van der Waals surface area contributed by atoms with Crippen LogP contribution in [0, 0.1) is 22.7 Å². The predicted octanol–water partition coefficient (Wildman–Crippen LogP) is 3.91. The highest BCUT2D eigenvalue weighted by atomic mass is 16.8. The fourth-order valence-corrected chi connectivity index (χ4v) is 6.82. The highest BCUT2D eigenvalue weighted by Crippen LogP contribution is 2.67. The van der Waals surface area contributed by atoms with Gasteiger partial charge >= 0.3 is 23.9 Å². The molecule has 0 aromatic carbocycles. The molecule has 1 aliphatic heterocycles. The molecule has 0 aromatic heterocycles. The molecule has 1 spiro atoms. The van der Waals surface area contributed by atoms with Crippen molar-refractivity contribution in [2.75, 3.05) is 0 Å². The second-order valence-electron chi connectivity index (χ2n) is 11.3. The molecule has 1 N–H and O–H groups in total. The molecule has 0 aromatic rings. The van der Waals surface area contributed by atoms with Gasteiger partial charge in [0.25, 0.3) is 0 Å². The molecule has 222 valence electrons. The van der Waals surface area contributed by atoms with Gasteiger partial charge in [-0.1, -0.05) is 45.6 Å². The standard InChI is InChI=1S/C30H42O10/c1-9-11-24(34)39-21-14-22-27(37-19(6)32)40-28(38-20(7)33)30(22)23(15-21)29(8,13-12-16(3)10-2)17(4)25(26(30)35)36-18(5)31/h10,14,17,21,23,25-28,35H,2-3,9,11-13,15H2,1,4-8H3/t17-,21+,23+,25-,26+,27+,28-,29+,30+/m1/s1. The zero-order chi connectivity index (χ0) is 30.0. The van der Waals surface area contributed by atoms with Crippen molar-refractivity contribution in [3.63, 3.8) is 0 Å². The Morgan fingerprint density at radius 2 is 1.70 bits per heavy atom. The number of hydrogen-bond acceptors (Lipinski definition) is 10. The van der Waals surface area contributed by atoms with Gasteiger partial charge in [-0.15, -0.1) is 0 Å². The van der Waals surface area contributed by atoms with E-state index in [-0.39, 0.29) is 18.8 Å². The summed E-state index contributed by atoms with van der Waals surface area (Å²) in [5.41, 5.74) is -1.07. The molecule has 2 fully saturated rings. The van der Waals surface area contributed by atoms with E-state index in [1.165, 1.54) is 20.8 Å². The number of carbonyl (C=O) groups is 4. The summed E-state index contributed by atoms with van der Waals surface area (Å²) in [5, 5.41) is 12.1. The molecule has 9 atom stereocenters. The fraction of sp³-hybridized carbons (Fsp3) is 0.667. The Balaban J connectivity index is 2.30. The van der Waals surface area contributed by atoms with Crippen LogP contribution in [0.4, 0.5) is 0 Å². The molecule has 1 saturated carbocycles. The van der Waals surface area contributed by atoms with Gasteiger partial charge in [-0.3, -0.25) is 23.9 Å². The van der Waals surface area contributed by atoms with E-state index in [0.717, 1.165) is 5.57 Å². The van der Waals surface area contributed by atoms with E-state index in [4.69, 9.17) is 23.7 Å². The second kappa shape index (κ2) is 12.3. The Hall–Kier alpha value is -2.98. The van der Waals surface area contributed by atoms with E-state index < -0.39 is 71.5 Å². The Kier molecular flexibility index (Phi) is 9.67. The molecule has 1 heterocycles. The van der Waals surface area contributed by atoms with Gasteiger partial charge in [0.2, 0.25) is 12.6 Å². The lowest BCUT2D eigenvalue weighted by Gasteiger charge is -2.62. The monoisotopic (exact) mass is 562 g/mol.